The van der Waals surface area contributed by atoms with Crippen LogP contribution in [0.5, 0.6) is 5.75 Å². The van der Waals surface area contributed by atoms with Gasteiger partial charge in [0.1, 0.15) is 4.60 Å². The standard InChI is InChI=1S/C9H9BrN2O2/c1-4-5(2)8(10)12-9-7(4)14-3-6(13)11-9/h3H2,1-2H3,(H,11,12,13). The summed E-state index contributed by atoms with van der Waals surface area (Å²) in [5.41, 5.74) is 2.03. The third-order valence-electron chi connectivity index (χ3n) is 2.24. The first kappa shape index (κ1) is 9.45. The topological polar surface area (TPSA) is 51.2 Å². The van der Waals surface area contributed by atoms with Gasteiger partial charge >= 0.3 is 0 Å². The molecule has 1 aliphatic heterocycles. The maximum absolute atomic E-state index is 11.0. The first-order valence-electron chi connectivity index (χ1n) is 4.19. The van der Waals surface area contributed by atoms with E-state index in [1.54, 1.807) is 0 Å². The van der Waals surface area contributed by atoms with Gasteiger partial charge in [-0.2, -0.15) is 0 Å². The Bertz CT molecular complexity index is 418. The van der Waals surface area contributed by atoms with Gasteiger partial charge < -0.3 is 10.1 Å². The first-order chi connectivity index (χ1) is 6.59. The van der Waals surface area contributed by atoms with E-state index in [0.717, 1.165) is 15.7 Å². The lowest BCUT2D eigenvalue weighted by Gasteiger charge is -2.20. The van der Waals surface area contributed by atoms with Crippen LogP contribution in [0.15, 0.2) is 4.60 Å². The molecule has 0 radical (unpaired) electrons. The fraction of sp³-hybridized carbons (Fsp3) is 0.333. The molecule has 74 valence electrons. The number of aromatic nitrogens is 1. The van der Waals surface area contributed by atoms with Gasteiger partial charge in [-0.3, -0.25) is 4.79 Å². The minimum Gasteiger partial charge on any atom is -0.480 e. The molecule has 1 aromatic rings. The second-order valence-corrected chi connectivity index (χ2v) is 3.92. The molecule has 4 nitrogen and oxygen atoms in total. The average molecular weight is 257 g/mol. The highest BCUT2D eigenvalue weighted by Crippen LogP contribution is 2.34. The van der Waals surface area contributed by atoms with E-state index in [2.05, 4.69) is 26.2 Å². The summed E-state index contributed by atoms with van der Waals surface area (Å²) in [6, 6.07) is 0. The van der Waals surface area contributed by atoms with Crippen LogP contribution in [-0.2, 0) is 4.79 Å². The van der Waals surface area contributed by atoms with E-state index in [1.165, 1.54) is 0 Å². The Balaban J connectivity index is 2.59. The van der Waals surface area contributed by atoms with Crippen LogP contribution in [0.4, 0.5) is 5.82 Å². The molecule has 2 rings (SSSR count). The lowest BCUT2D eigenvalue weighted by molar-refractivity contribution is -0.118. The second kappa shape index (κ2) is 3.24. The van der Waals surface area contributed by atoms with Crippen LogP contribution in [0.3, 0.4) is 0 Å². The largest absolute Gasteiger partial charge is 0.480 e. The summed E-state index contributed by atoms with van der Waals surface area (Å²) in [4.78, 5) is 15.2. The molecule has 0 atom stereocenters. The number of nitrogens with zero attached hydrogens (tertiary/aromatic N) is 1. The summed E-state index contributed by atoms with van der Waals surface area (Å²) >= 11 is 3.33. The molecule has 0 spiro atoms. The number of rotatable bonds is 0. The van der Waals surface area contributed by atoms with Crippen LogP contribution in [0.1, 0.15) is 11.1 Å². The van der Waals surface area contributed by atoms with Gasteiger partial charge in [0.05, 0.1) is 0 Å². The molecule has 0 aromatic carbocycles. The summed E-state index contributed by atoms with van der Waals surface area (Å²) in [6.45, 7) is 3.96. The zero-order valence-corrected chi connectivity index (χ0v) is 9.43. The number of carbonyl (C=O) groups is 1. The van der Waals surface area contributed by atoms with Crippen molar-refractivity contribution in [3.63, 3.8) is 0 Å². The van der Waals surface area contributed by atoms with Crippen molar-refractivity contribution in [2.75, 3.05) is 11.9 Å². The van der Waals surface area contributed by atoms with Gasteiger partial charge in [-0.25, -0.2) is 4.98 Å². The fourth-order valence-corrected chi connectivity index (χ4v) is 1.78. The highest BCUT2D eigenvalue weighted by atomic mass is 79.9. The number of hydrogen-bond acceptors (Lipinski definition) is 3. The van der Waals surface area contributed by atoms with E-state index < -0.39 is 0 Å². The lowest BCUT2D eigenvalue weighted by atomic mass is 10.1. The summed E-state index contributed by atoms with van der Waals surface area (Å²) in [6.07, 6.45) is 0. The summed E-state index contributed by atoms with van der Waals surface area (Å²) < 4.78 is 6.04. The smallest absolute Gasteiger partial charge is 0.263 e. The molecule has 1 aliphatic rings. The molecule has 0 saturated carbocycles. The highest BCUT2D eigenvalue weighted by molar-refractivity contribution is 9.10. The third kappa shape index (κ3) is 1.37. The predicted molar refractivity (Wildman–Crippen MR) is 55.5 cm³/mol. The minimum atomic E-state index is -0.167. The van der Waals surface area contributed by atoms with E-state index in [9.17, 15) is 4.79 Å². The van der Waals surface area contributed by atoms with Gasteiger partial charge in [-0.05, 0) is 35.3 Å². The van der Waals surface area contributed by atoms with Crippen LogP contribution < -0.4 is 10.1 Å². The first-order valence-corrected chi connectivity index (χ1v) is 4.98. The van der Waals surface area contributed by atoms with Crippen molar-refractivity contribution in [1.29, 1.82) is 0 Å². The monoisotopic (exact) mass is 256 g/mol. The third-order valence-corrected chi connectivity index (χ3v) is 3.02. The molecule has 14 heavy (non-hydrogen) atoms. The molecule has 1 amide bonds. The number of amides is 1. The van der Waals surface area contributed by atoms with Crippen LogP contribution in [0.25, 0.3) is 0 Å². The average Bonchev–Trinajstić information content (AvgIpc) is 2.14. The number of hydrogen-bond donors (Lipinski definition) is 1. The van der Waals surface area contributed by atoms with Gasteiger partial charge in [0, 0.05) is 5.56 Å². The van der Waals surface area contributed by atoms with Crippen molar-refractivity contribution in [1.82, 2.24) is 4.98 Å². The molecule has 1 aromatic heterocycles. The number of anilines is 1. The zero-order valence-electron chi connectivity index (χ0n) is 7.85. The van der Waals surface area contributed by atoms with Crippen LogP contribution in [0.2, 0.25) is 0 Å². The molecular weight excluding hydrogens is 248 g/mol. The summed E-state index contributed by atoms with van der Waals surface area (Å²) in [5, 5.41) is 2.66. The Labute approximate surface area is 89.8 Å². The highest BCUT2D eigenvalue weighted by Gasteiger charge is 2.21. The maximum atomic E-state index is 11.0. The van der Waals surface area contributed by atoms with Crippen molar-refractivity contribution in [2.24, 2.45) is 0 Å². The number of nitrogens with one attached hydrogen (secondary N) is 1. The number of halogens is 1. The van der Waals surface area contributed by atoms with E-state index in [4.69, 9.17) is 4.74 Å². The molecule has 0 saturated heterocycles. The van der Waals surface area contributed by atoms with Crippen molar-refractivity contribution in [2.45, 2.75) is 13.8 Å². The molecule has 0 bridgehead atoms. The van der Waals surface area contributed by atoms with Crippen LogP contribution >= 0.6 is 15.9 Å². The quantitative estimate of drug-likeness (QED) is 0.721. The number of carbonyl (C=O) groups excluding carboxylic acids is 1. The van der Waals surface area contributed by atoms with Gasteiger partial charge in [-0.15, -0.1) is 0 Å². The van der Waals surface area contributed by atoms with E-state index in [1.807, 2.05) is 13.8 Å². The van der Waals surface area contributed by atoms with E-state index in [0.29, 0.717) is 11.6 Å². The van der Waals surface area contributed by atoms with Gasteiger partial charge in [0.25, 0.3) is 5.91 Å². The lowest BCUT2D eigenvalue weighted by Crippen LogP contribution is -2.27. The number of pyridine rings is 1. The van der Waals surface area contributed by atoms with Crippen molar-refractivity contribution < 1.29 is 9.53 Å². The van der Waals surface area contributed by atoms with Gasteiger partial charge in [0.2, 0.25) is 0 Å². The number of fused-ring (bicyclic) bond motifs is 1. The second-order valence-electron chi connectivity index (χ2n) is 3.17. The fourth-order valence-electron chi connectivity index (χ4n) is 1.30. The van der Waals surface area contributed by atoms with Gasteiger partial charge in [0.15, 0.2) is 18.2 Å². The molecule has 1 N–H and O–H groups in total. The molecule has 0 aliphatic carbocycles. The molecule has 2 heterocycles. The van der Waals surface area contributed by atoms with E-state index in [-0.39, 0.29) is 12.5 Å². The summed E-state index contributed by atoms with van der Waals surface area (Å²) in [7, 11) is 0. The molecular formula is C9H9BrN2O2. The van der Waals surface area contributed by atoms with E-state index >= 15 is 0 Å². The molecule has 5 heteroatoms. The Kier molecular flexibility index (Phi) is 2.19. The number of ether oxygens (including phenoxy) is 1. The zero-order chi connectivity index (χ0) is 10.3. The maximum Gasteiger partial charge on any atom is 0.263 e. The van der Waals surface area contributed by atoms with Gasteiger partial charge in [-0.1, -0.05) is 0 Å². The normalized spacial score (nSPS) is 14.4. The Morgan fingerprint density at radius 1 is 1.43 bits per heavy atom. The molecule has 0 fully saturated rings. The van der Waals surface area contributed by atoms with Crippen molar-refractivity contribution >= 4 is 27.7 Å². The van der Waals surface area contributed by atoms with Crippen molar-refractivity contribution in [3.8, 4) is 5.75 Å². The molecule has 0 unspecified atom stereocenters. The van der Waals surface area contributed by atoms with Crippen LogP contribution in [0, 0.1) is 13.8 Å². The SMILES string of the molecule is Cc1c(Br)nc2c(c1C)OCC(=O)N2. The minimum absolute atomic E-state index is 0.0661. The summed E-state index contributed by atoms with van der Waals surface area (Å²) in [5.74, 6) is 1.00. The Morgan fingerprint density at radius 3 is 2.86 bits per heavy atom. The van der Waals surface area contributed by atoms with Crippen molar-refractivity contribution in [3.05, 3.63) is 15.7 Å². The Hall–Kier alpha value is -1.10. The van der Waals surface area contributed by atoms with Crippen LogP contribution in [-0.4, -0.2) is 17.5 Å². The predicted octanol–water partition coefficient (Wildman–Crippen LogP) is 1.79. The Morgan fingerprint density at radius 2 is 2.14 bits per heavy atom.